The topological polar surface area (TPSA) is 46.3 Å². The van der Waals surface area contributed by atoms with E-state index in [0.29, 0.717) is 17.2 Å². The third-order valence-corrected chi connectivity index (χ3v) is 6.23. The Balaban J connectivity index is 2.06. The predicted octanol–water partition coefficient (Wildman–Crippen LogP) is 3.03. The van der Waals surface area contributed by atoms with E-state index < -0.39 is 0 Å². The van der Waals surface area contributed by atoms with Crippen molar-refractivity contribution in [1.29, 1.82) is 0 Å². The molecule has 3 nitrogen and oxygen atoms in total. The molecule has 20 heavy (non-hydrogen) atoms. The van der Waals surface area contributed by atoms with Gasteiger partial charge in [0.2, 0.25) is 5.91 Å². The lowest BCUT2D eigenvalue weighted by Crippen LogP contribution is -2.53. The fourth-order valence-corrected chi connectivity index (χ4v) is 3.84. The van der Waals surface area contributed by atoms with Crippen LogP contribution in [-0.4, -0.2) is 29.9 Å². The molecule has 1 amide bonds. The van der Waals surface area contributed by atoms with E-state index >= 15 is 0 Å². The highest BCUT2D eigenvalue weighted by Gasteiger charge is 2.46. The van der Waals surface area contributed by atoms with Gasteiger partial charge in [0.25, 0.3) is 0 Å². The monoisotopic (exact) mass is 280 g/mol. The number of hydrogen-bond donors (Lipinski definition) is 1. The van der Waals surface area contributed by atoms with Crippen LogP contribution in [0.15, 0.2) is 0 Å². The average molecular weight is 280 g/mol. The third-order valence-electron chi connectivity index (χ3n) is 6.23. The maximum absolute atomic E-state index is 12.9. The molecule has 116 valence electrons. The van der Waals surface area contributed by atoms with E-state index in [1.54, 1.807) is 0 Å². The fraction of sp³-hybridized carbons (Fsp3) is 0.941. The minimum Gasteiger partial charge on any atom is -0.342 e. The molecule has 2 N–H and O–H groups in total. The zero-order valence-corrected chi connectivity index (χ0v) is 13.9. The molecule has 1 aliphatic carbocycles. The van der Waals surface area contributed by atoms with Gasteiger partial charge < -0.3 is 10.6 Å². The highest BCUT2D eigenvalue weighted by molar-refractivity contribution is 5.80. The van der Waals surface area contributed by atoms with Crippen LogP contribution in [0.1, 0.15) is 60.3 Å². The predicted molar refractivity (Wildman–Crippen MR) is 83.2 cm³/mol. The highest BCUT2D eigenvalue weighted by Crippen LogP contribution is 2.45. The first-order chi connectivity index (χ1) is 9.15. The van der Waals surface area contributed by atoms with Gasteiger partial charge in [-0.25, -0.2) is 0 Å². The van der Waals surface area contributed by atoms with E-state index in [-0.39, 0.29) is 17.4 Å². The smallest absolute Gasteiger partial charge is 0.226 e. The largest absolute Gasteiger partial charge is 0.342 e. The molecule has 0 radical (unpaired) electrons. The molecule has 0 aromatic carbocycles. The number of nitrogens with zero attached hydrogens (tertiary/aromatic N) is 1. The molecule has 0 bridgehead atoms. The molecule has 1 aliphatic heterocycles. The number of nitrogens with two attached hydrogens (primary N) is 1. The summed E-state index contributed by atoms with van der Waals surface area (Å²) >= 11 is 0. The standard InChI is InChI=1S/C17H32N2O/c1-12-14(18)7-6-13(17(12,4)5)15(20)19-10-8-16(2,3)9-11-19/h12-14H,6-11,18H2,1-5H3. The fourth-order valence-electron chi connectivity index (χ4n) is 3.84. The molecule has 0 aromatic rings. The maximum atomic E-state index is 12.9. The Hall–Kier alpha value is -0.570. The van der Waals surface area contributed by atoms with E-state index in [2.05, 4.69) is 39.5 Å². The highest BCUT2D eigenvalue weighted by atomic mass is 16.2. The van der Waals surface area contributed by atoms with Crippen LogP contribution < -0.4 is 5.73 Å². The Bertz CT molecular complexity index is 365. The van der Waals surface area contributed by atoms with Crippen LogP contribution in [-0.2, 0) is 4.79 Å². The lowest BCUT2D eigenvalue weighted by atomic mass is 9.60. The number of rotatable bonds is 1. The van der Waals surface area contributed by atoms with Gasteiger partial charge in [0.05, 0.1) is 0 Å². The minimum atomic E-state index is 0.0156. The van der Waals surface area contributed by atoms with Crippen LogP contribution in [0.3, 0.4) is 0 Å². The zero-order chi connectivity index (χ0) is 15.1. The summed E-state index contributed by atoms with van der Waals surface area (Å²) in [5, 5.41) is 0. The van der Waals surface area contributed by atoms with Crippen molar-refractivity contribution in [3.05, 3.63) is 0 Å². The summed E-state index contributed by atoms with van der Waals surface area (Å²) in [5.41, 5.74) is 6.62. The summed E-state index contributed by atoms with van der Waals surface area (Å²) in [7, 11) is 0. The Kier molecular flexibility index (Phi) is 4.21. The number of hydrogen-bond acceptors (Lipinski definition) is 2. The molecule has 1 saturated carbocycles. The number of carbonyl (C=O) groups is 1. The van der Waals surface area contributed by atoms with Gasteiger partial charge >= 0.3 is 0 Å². The minimum absolute atomic E-state index is 0.0156. The molecule has 0 aromatic heterocycles. The van der Waals surface area contributed by atoms with Crippen LogP contribution >= 0.6 is 0 Å². The maximum Gasteiger partial charge on any atom is 0.226 e. The first-order valence-electron chi connectivity index (χ1n) is 8.19. The molecule has 2 rings (SSSR count). The van der Waals surface area contributed by atoms with Crippen LogP contribution in [0, 0.1) is 22.7 Å². The Morgan fingerprint density at radius 3 is 2.20 bits per heavy atom. The van der Waals surface area contributed by atoms with Gasteiger partial charge in [-0.15, -0.1) is 0 Å². The van der Waals surface area contributed by atoms with Crippen molar-refractivity contribution >= 4 is 5.91 Å². The lowest BCUT2D eigenvalue weighted by Gasteiger charge is -2.48. The van der Waals surface area contributed by atoms with Gasteiger partial charge in [-0.2, -0.15) is 0 Å². The molecule has 1 saturated heterocycles. The Morgan fingerprint density at radius 2 is 1.65 bits per heavy atom. The van der Waals surface area contributed by atoms with Gasteiger partial charge in [-0.3, -0.25) is 4.79 Å². The number of piperidine rings is 1. The Morgan fingerprint density at radius 1 is 1.10 bits per heavy atom. The van der Waals surface area contributed by atoms with Crippen molar-refractivity contribution in [3.63, 3.8) is 0 Å². The van der Waals surface area contributed by atoms with E-state index in [4.69, 9.17) is 5.73 Å². The average Bonchev–Trinajstić information content (AvgIpc) is 2.35. The molecular weight excluding hydrogens is 248 g/mol. The summed E-state index contributed by atoms with van der Waals surface area (Å²) in [5.74, 6) is 0.939. The van der Waals surface area contributed by atoms with Crippen molar-refractivity contribution in [3.8, 4) is 0 Å². The van der Waals surface area contributed by atoms with Crippen LogP contribution in [0.4, 0.5) is 0 Å². The van der Waals surface area contributed by atoms with Crippen molar-refractivity contribution in [2.45, 2.75) is 66.3 Å². The van der Waals surface area contributed by atoms with Crippen molar-refractivity contribution < 1.29 is 4.79 Å². The molecule has 3 unspecified atom stereocenters. The van der Waals surface area contributed by atoms with Crippen molar-refractivity contribution in [1.82, 2.24) is 4.90 Å². The molecule has 2 aliphatic rings. The third kappa shape index (κ3) is 2.88. The summed E-state index contributed by atoms with van der Waals surface area (Å²) in [6.45, 7) is 13.1. The van der Waals surface area contributed by atoms with E-state index in [0.717, 1.165) is 38.8 Å². The van der Waals surface area contributed by atoms with Crippen LogP contribution in [0.5, 0.6) is 0 Å². The van der Waals surface area contributed by atoms with Gasteiger partial charge in [0, 0.05) is 25.0 Å². The van der Waals surface area contributed by atoms with Gasteiger partial charge in [-0.05, 0) is 42.4 Å². The van der Waals surface area contributed by atoms with E-state index in [9.17, 15) is 4.79 Å². The molecule has 0 spiro atoms. The molecule has 2 fully saturated rings. The van der Waals surface area contributed by atoms with E-state index in [1.165, 1.54) is 0 Å². The number of amides is 1. The van der Waals surface area contributed by atoms with Crippen molar-refractivity contribution in [2.24, 2.45) is 28.4 Å². The Labute approximate surface area is 124 Å². The SMILES string of the molecule is CC1C(N)CCC(C(=O)N2CCC(C)(C)CC2)C1(C)C. The summed E-state index contributed by atoms with van der Waals surface area (Å²) < 4.78 is 0. The lowest BCUT2D eigenvalue weighted by molar-refractivity contribution is -0.145. The van der Waals surface area contributed by atoms with E-state index in [1.807, 2.05) is 0 Å². The quantitative estimate of drug-likeness (QED) is 0.802. The van der Waals surface area contributed by atoms with Crippen LogP contribution in [0.2, 0.25) is 0 Å². The molecule has 3 atom stereocenters. The second-order valence-corrected chi connectivity index (χ2v) is 8.39. The molecule has 3 heteroatoms. The second-order valence-electron chi connectivity index (χ2n) is 8.39. The summed E-state index contributed by atoms with van der Waals surface area (Å²) in [4.78, 5) is 15.0. The summed E-state index contributed by atoms with van der Waals surface area (Å²) in [6.07, 6.45) is 4.19. The second kappa shape index (κ2) is 5.32. The first kappa shape index (κ1) is 15.8. The first-order valence-corrected chi connectivity index (χ1v) is 8.19. The van der Waals surface area contributed by atoms with Crippen molar-refractivity contribution in [2.75, 3.05) is 13.1 Å². The van der Waals surface area contributed by atoms with Gasteiger partial charge in [0.1, 0.15) is 0 Å². The normalized spacial score (nSPS) is 36.7. The van der Waals surface area contributed by atoms with Gasteiger partial charge in [0.15, 0.2) is 0 Å². The number of carbonyl (C=O) groups excluding carboxylic acids is 1. The molecule has 1 heterocycles. The van der Waals surface area contributed by atoms with Crippen LogP contribution in [0.25, 0.3) is 0 Å². The zero-order valence-electron chi connectivity index (χ0n) is 13.9. The number of likely N-dealkylation sites (tertiary alicyclic amines) is 1. The summed E-state index contributed by atoms with van der Waals surface area (Å²) in [6, 6.07) is 0.245. The van der Waals surface area contributed by atoms with Gasteiger partial charge in [-0.1, -0.05) is 34.6 Å². The molecular formula is C17H32N2O.